The molecule has 0 aliphatic carbocycles. The van der Waals surface area contributed by atoms with Gasteiger partial charge in [0.2, 0.25) is 0 Å². The van der Waals surface area contributed by atoms with Crippen molar-refractivity contribution < 1.29 is 19.4 Å². The van der Waals surface area contributed by atoms with Crippen LogP contribution < -0.4 is 4.74 Å². The average Bonchev–Trinajstić information content (AvgIpc) is 2.78. The second kappa shape index (κ2) is 7.24. The summed E-state index contributed by atoms with van der Waals surface area (Å²) in [6, 6.07) is 8.34. The van der Waals surface area contributed by atoms with E-state index in [2.05, 4.69) is 0 Å². The number of hydrogen-bond donors (Lipinski definition) is 1. The normalized spacial score (nSPS) is 25.8. The predicted molar refractivity (Wildman–Crippen MR) is 95.8 cm³/mol. The van der Waals surface area contributed by atoms with Gasteiger partial charge in [0.05, 0.1) is 0 Å². The van der Waals surface area contributed by atoms with Gasteiger partial charge >= 0.3 is 6.09 Å². The number of hydrogen-bond acceptors (Lipinski definition) is 4. The van der Waals surface area contributed by atoms with Gasteiger partial charge in [0.15, 0.2) is 0 Å². The highest BCUT2D eigenvalue weighted by atomic mass is 16.6. The van der Waals surface area contributed by atoms with Gasteiger partial charge in [-0.25, -0.2) is 4.79 Å². The second-order valence-electron chi connectivity index (χ2n) is 8.10. The van der Waals surface area contributed by atoms with Crippen LogP contribution >= 0.6 is 0 Å². The van der Waals surface area contributed by atoms with Gasteiger partial charge < -0.3 is 19.5 Å². The minimum atomic E-state index is -0.461. The zero-order valence-corrected chi connectivity index (χ0v) is 15.4. The largest absolute Gasteiger partial charge is 0.490 e. The number of fused-ring (bicyclic) bond motifs is 2. The molecule has 5 nitrogen and oxygen atoms in total. The number of ether oxygens (including phenoxy) is 2. The van der Waals surface area contributed by atoms with E-state index in [-0.39, 0.29) is 30.9 Å². The summed E-state index contributed by atoms with van der Waals surface area (Å²) in [4.78, 5) is 14.4. The summed E-state index contributed by atoms with van der Waals surface area (Å²) >= 11 is 0. The number of benzene rings is 1. The van der Waals surface area contributed by atoms with Crippen LogP contribution in [0.3, 0.4) is 0 Å². The topological polar surface area (TPSA) is 59.0 Å². The fourth-order valence-electron chi connectivity index (χ4n) is 3.93. The van der Waals surface area contributed by atoms with Crippen LogP contribution in [0.4, 0.5) is 4.79 Å². The lowest BCUT2D eigenvalue weighted by molar-refractivity contribution is -0.00707. The van der Waals surface area contributed by atoms with Crippen molar-refractivity contribution in [2.75, 3.05) is 6.61 Å². The van der Waals surface area contributed by atoms with Gasteiger partial charge in [-0.1, -0.05) is 12.1 Å². The minimum Gasteiger partial charge on any atom is -0.490 e. The van der Waals surface area contributed by atoms with E-state index in [1.165, 1.54) is 0 Å². The van der Waals surface area contributed by atoms with Gasteiger partial charge in [-0.15, -0.1) is 0 Å². The summed E-state index contributed by atoms with van der Waals surface area (Å²) in [5.41, 5.74) is 0.617. The van der Waals surface area contributed by atoms with Gasteiger partial charge in [-0.2, -0.15) is 0 Å². The Hall–Kier alpha value is -1.75. The molecule has 0 spiro atoms. The maximum atomic E-state index is 12.5. The molecule has 2 aliphatic rings. The number of piperidine rings is 1. The van der Waals surface area contributed by atoms with Gasteiger partial charge in [0, 0.05) is 31.5 Å². The van der Waals surface area contributed by atoms with E-state index in [9.17, 15) is 4.79 Å². The molecule has 5 heteroatoms. The summed E-state index contributed by atoms with van der Waals surface area (Å²) in [6.07, 6.45) is 4.31. The number of rotatable bonds is 4. The van der Waals surface area contributed by atoms with Crippen molar-refractivity contribution in [1.29, 1.82) is 0 Å². The monoisotopic (exact) mass is 347 g/mol. The summed E-state index contributed by atoms with van der Waals surface area (Å²) in [5, 5.41) is 9.08. The summed E-state index contributed by atoms with van der Waals surface area (Å²) < 4.78 is 11.8. The minimum absolute atomic E-state index is 0.126. The molecule has 1 amide bonds. The number of carbonyl (C=O) groups is 1. The molecule has 3 rings (SSSR count). The molecule has 0 radical (unpaired) electrons. The molecule has 138 valence electrons. The van der Waals surface area contributed by atoms with E-state index in [1.54, 1.807) is 0 Å². The third-order valence-corrected chi connectivity index (χ3v) is 4.90. The van der Waals surface area contributed by atoms with E-state index < -0.39 is 5.60 Å². The Morgan fingerprint density at radius 1 is 1.24 bits per heavy atom. The van der Waals surface area contributed by atoms with Gasteiger partial charge in [0.25, 0.3) is 0 Å². The molecule has 1 aromatic carbocycles. The molecule has 2 bridgehead atoms. The van der Waals surface area contributed by atoms with Crippen molar-refractivity contribution in [3.05, 3.63) is 29.8 Å². The van der Waals surface area contributed by atoms with Crippen LogP contribution in [0.2, 0.25) is 0 Å². The molecule has 25 heavy (non-hydrogen) atoms. The second-order valence-corrected chi connectivity index (χ2v) is 8.10. The van der Waals surface area contributed by atoms with Crippen LogP contribution in [0.15, 0.2) is 24.3 Å². The fraction of sp³-hybridized carbons (Fsp3) is 0.650. The van der Waals surface area contributed by atoms with Crippen LogP contribution in [-0.2, 0) is 11.2 Å². The fourth-order valence-corrected chi connectivity index (χ4v) is 3.93. The van der Waals surface area contributed by atoms with E-state index in [0.29, 0.717) is 6.42 Å². The summed E-state index contributed by atoms with van der Waals surface area (Å²) in [5.74, 6) is 0.848. The third-order valence-electron chi connectivity index (χ3n) is 4.90. The molecule has 2 fully saturated rings. The number of amides is 1. The zero-order valence-electron chi connectivity index (χ0n) is 15.4. The molecule has 2 aliphatic heterocycles. The first kappa shape index (κ1) is 18.1. The SMILES string of the molecule is CC(C)(C)OC(=O)N1[C@@H]2CC[C@H]1C[C@@H](Oc1cccc(CCO)c1)C2. The Kier molecular flexibility index (Phi) is 5.23. The molecule has 2 heterocycles. The van der Waals surface area contributed by atoms with Crippen molar-refractivity contribution in [3.63, 3.8) is 0 Å². The highest BCUT2D eigenvalue weighted by molar-refractivity contribution is 5.69. The van der Waals surface area contributed by atoms with Crippen LogP contribution in [0.25, 0.3) is 0 Å². The van der Waals surface area contributed by atoms with E-state index in [4.69, 9.17) is 14.6 Å². The molecule has 0 unspecified atom stereocenters. The predicted octanol–water partition coefficient (Wildman–Crippen LogP) is 3.53. The van der Waals surface area contributed by atoms with Crippen LogP contribution in [0.5, 0.6) is 5.75 Å². The van der Waals surface area contributed by atoms with E-state index in [1.807, 2.05) is 49.9 Å². The Morgan fingerprint density at radius 2 is 1.92 bits per heavy atom. The number of carbonyl (C=O) groups excluding carboxylic acids is 1. The maximum absolute atomic E-state index is 12.5. The highest BCUT2D eigenvalue weighted by Crippen LogP contribution is 2.38. The molecule has 0 saturated carbocycles. The molecule has 0 aromatic heterocycles. The Bertz CT molecular complexity index is 596. The van der Waals surface area contributed by atoms with Crippen LogP contribution in [0.1, 0.15) is 52.0 Å². The lowest BCUT2D eigenvalue weighted by atomic mass is 10.00. The molecule has 1 aromatic rings. The number of aliphatic hydroxyl groups is 1. The molecule has 1 N–H and O–H groups in total. The molecule has 2 saturated heterocycles. The molecular weight excluding hydrogens is 318 g/mol. The Morgan fingerprint density at radius 3 is 2.52 bits per heavy atom. The van der Waals surface area contributed by atoms with Gasteiger partial charge in [0.1, 0.15) is 17.5 Å². The number of nitrogens with zero attached hydrogens (tertiary/aromatic N) is 1. The summed E-state index contributed by atoms with van der Waals surface area (Å²) in [7, 11) is 0. The Labute approximate surface area is 149 Å². The lowest BCUT2D eigenvalue weighted by Crippen LogP contribution is -2.50. The van der Waals surface area contributed by atoms with Crippen LogP contribution in [0, 0.1) is 0 Å². The first-order chi connectivity index (χ1) is 11.9. The molecule has 3 atom stereocenters. The third kappa shape index (κ3) is 4.46. The standard InChI is InChI=1S/C20H29NO4/c1-20(2,3)25-19(23)21-15-7-8-16(21)13-18(12-15)24-17-6-4-5-14(11-17)9-10-22/h4-6,11,15-16,18,22H,7-10,12-13H2,1-3H3/t15-,16+,18+. The van der Waals surface area contributed by atoms with Gasteiger partial charge in [-0.05, 0) is 57.7 Å². The van der Waals surface area contributed by atoms with Gasteiger partial charge in [-0.3, -0.25) is 0 Å². The smallest absolute Gasteiger partial charge is 0.410 e. The average molecular weight is 347 g/mol. The van der Waals surface area contributed by atoms with Crippen molar-refractivity contribution in [2.45, 2.75) is 76.7 Å². The number of aliphatic hydroxyl groups excluding tert-OH is 1. The maximum Gasteiger partial charge on any atom is 0.410 e. The highest BCUT2D eigenvalue weighted by Gasteiger charge is 2.45. The first-order valence-electron chi connectivity index (χ1n) is 9.23. The summed E-state index contributed by atoms with van der Waals surface area (Å²) in [6.45, 7) is 5.86. The molecular formula is C20H29NO4. The van der Waals surface area contributed by atoms with Crippen molar-refractivity contribution >= 4 is 6.09 Å². The van der Waals surface area contributed by atoms with Crippen molar-refractivity contribution in [2.24, 2.45) is 0 Å². The Balaban J connectivity index is 1.62. The van der Waals surface area contributed by atoms with E-state index >= 15 is 0 Å². The lowest BCUT2D eigenvalue weighted by Gasteiger charge is -2.39. The first-order valence-corrected chi connectivity index (χ1v) is 9.23. The van der Waals surface area contributed by atoms with E-state index in [0.717, 1.165) is 37.0 Å². The quantitative estimate of drug-likeness (QED) is 0.905. The van der Waals surface area contributed by atoms with Crippen molar-refractivity contribution in [1.82, 2.24) is 4.90 Å². The van der Waals surface area contributed by atoms with Crippen LogP contribution in [-0.4, -0.2) is 46.5 Å². The van der Waals surface area contributed by atoms with Crippen molar-refractivity contribution in [3.8, 4) is 5.75 Å². The zero-order chi connectivity index (χ0) is 18.0.